The monoisotopic (exact) mass is 247 g/mol. The summed E-state index contributed by atoms with van der Waals surface area (Å²) >= 11 is 0. The summed E-state index contributed by atoms with van der Waals surface area (Å²) in [5.41, 5.74) is 0. The minimum Gasteiger partial charge on any atom is -0.389 e. The predicted octanol–water partition coefficient (Wildman–Crippen LogP) is 0.353. The van der Waals surface area contributed by atoms with Gasteiger partial charge in [0.15, 0.2) is 0 Å². The van der Waals surface area contributed by atoms with Crippen molar-refractivity contribution in [3.63, 3.8) is 0 Å². The van der Waals surface area contributed by atoms with E-state index in [1.54, 1.807) is 0 Å². The second kappa shape index (κ2) is 6.00. The lowest BCUT2D eigenvalue weighted by Crippen LogP contribution is -2.48. The third-order valence-corrected chi connectivity index (χ3v) is 1.75. The molecule has 8 heteroatoms. The van der Waals surface area contributed by atoms with Crippen molar-refractivity contribution in [1.29, 1.82) is 0 Å². The highest BCUT2D eigenvalue weighted by Gasteiger charge is 2.50. The lowest BCUT2D eigenvalue weighted by molar-refractivity contribution is -0.180. The summed E-state index contributed by atoms with van der Waals surface area (Å²) in [7, 11) is 2.16. The summed E-state index contributed by atoms with van der Waals surface area (Å²) in [5, 5.41) is 9.12. The topological polar surface area (TPSA) is 49.8 Å². The Bertz CT molecular complexity index is 237. The molecule has 0 aromatic rings. The van der Waals surface area contributed by atoms with Crippen molar-refractivity contribution < 1.29 is 32.2 Å². The van der Waals surface area contributed by atoms with E-state index in [1.807, 2.05) is 0 Å². The van der Waals surface area contributed by atoms with E-state index in [0.29, 0.717) is 4.90 Å². The highest BCUT2D eigenvalue weighted by Crippen LogP contribution is 2.24. The first kappa shape index (κ1) is 15.1. The molecule has 0 saturated carbocycles. The average molecular weight is 247 g/mol. The number of alkyl halides is 4. The predicted molar refractivity (Wildman–Crippen MR) is 46.5 cm³/mol. The maximum Gasteiger partial charge on any atom is 0.383 e. The molecule has 0 fully saturated rings. The van der Waals surface area contributed by atoms with Gasteiger partial charge in [0, 0.05) is 20.7 Å². The molecule has 0 aromatic heterocycles. The highest BCUT2D eigenvalue weighted by atomic mass is 19.3. The number of rotatable bonds is 6. The van der Waals surface area contributed by atoms with E-state index in [2.05, 4.69) is 4.74 Å². The van der Waals surface area contributed by atoms with Gasteiger partial charge in [-0.05, 0) is 0 Å². The first-order valence-electron chi connectivity index (χ1n) is 4.32. The first-order chi connectivity index (χ1) is 7.23. The second-order valence-electron chi connectivity index (χ2n) is 3.22. The Balaban J connectivity index is 4.39. The molecule has 16 heavy (non-hydrogen) atoms. The number of amides is 1. The summed E-state index contributed by atoms with van der Waals surface area (Å²) < 4.78 is 53.3. The number of carbonyl (C=O) groups excluding carboxylic acids is 1. The molecule has 1 N–H and O–H groups in total. The molecule has 0 aliphatic heterocycles. The largest absolute Gasteiger partial charge is 0.389 e. The Morgan fingerprint density at radius 1 is 1.50 bits per heavy atom. The van der Waals surface area contributed by atoms with Crippen molar-refractivity contribution in [3.05, 3.63) is 0 Å². The molecule has 0 heterocycles. The Labute approximate surface area is 89.8 Å². The number of ether oxygens (including phenoxy) is 1. The van der Waals surface area contributed by atoms with Gasteiger partial charge >= 0.3 is 12.3 Å². The van der Waals surface area contributed by atoms with Crippen LogP contribution < -0.4 is 0 Å². The third kappa shape index (κ3) is 3.93. The van der Waals surface area contributed by atoms with Crippen LogP contribution in [0.15, 0.2) is 0 Å². The zero-order chi connectivity index (χ0) is 12.9. The van der Waals surface area contributed by atoms with E-state index in [0.717, 1.165) is 7.05 Å². The van der Waals surface area contributed by atoms with Crippen LogP contribution in [0.25, 0.3) is 0 Å². The van der Waals surface area contributed by atoms with Crippen molar-refractivity contribution in [1.82, 2.24) is 4.90 Å². The summed E-state index contributed by atoms with van der Waals surface area (Å²) in [4.78, 5) is 11.2. The van der Waals surface area contributed by atoms with E-state index < -0.39 is 30.9 Å². The molecule has 96 valence electrons. The highest BCUT2D eigenvalue weighted by molar-refractivity contribution is 5.83. The van der Waals surface area contributed by atoms with Crippen LogP contribution in [0.5, 0.6) is 0 Å². The summed E-state index contributed by atoms with van der Waals surface area (Å²) in [6, 6.07) is 0. The first-order valence-corrected chi connectivity index (χ1v) is 4.32. The number of methoxy groups -OCH3 is 1. The zero-order valence-corrected chi connectivity index (χ0v) is 8.79. The van der Waals surface area contributed by atoms with Crippen molar-refractivity contribution in [2.24, 2.45) is 0 Å². The van der Waals surface area contributed by atoms with Gasteiger partial charge in [-0.25, -0.2) is 8.78 Å². The Morgan fingerprint density at radius 2 is 2.00 bits per heavy atom. The van der Waals surface area contributed by atoms with Gasteiger partial charge in [0.1, 0.15) is 0 Å². The van der Waals surface area contributed by atoms with Gasteiger partial charge < -0.3 is 14.7 Å². The molecular weight excluding hydrogens is 234 g/mol. The van der Waals surface area contributed by atoms with Crippen molar-refractivity contribution in [2.45, 2.75) is 18.5 Å². The fourth-order valence-electron chi connectivity index (χ4n) is 0.992. The summed E-state index contributed by atoms with van der Waals surface area (Å²) in [6.07, 6.45) is -5.27. The van der Waals surface area contributed by atoms with Crippen LogP contribution in [-0.2, 0) is 9.53 Å². The van der Waals surface area contributed by atoms with E-state index in [1.165, 1.54) is 7.11 Å². The van der Waals surface area contributed by atoms with Gasteiger partial charge in [0.05, 0.1) is 12.7 Å². The molecule has 1 unspecified atom stereocenters. The number of halogens is 4. The maximum atomic E-state index is 12.6. The number of nitrogens with zero attached hydrogens (tertiary/aromatic N) is 1. The molecule has 0 spiro atoms. The molecule has 0 aliphatic rings. The summed E-state index contributed by atoms with van der Waals surface area (Å²) in [5.74, 6) is -6.76. The molecule has 0 aliphatic carbocycles. The van der Waals surface area contributed by atoms with Gasteiger partial charge in [-0.2, -0.15) is 8.78 Å². The normalized spacial score (nSPS) is 14.0. The van der Waals surface area contributed by atoms with Crippen molar-refractivity contribution >= 4 is 5.91 Å². The Kier molecular flexibility index (Phi) is 5.66. The van der Waals surface area contributed by atoms with Crippen molar-refractivity contribution in [2.75, 3.05) is 27.3 Å². The van der Waals surface area contributed by atoms with Crippen LogP contribution in [-0.4, -0.2) is 61.7 Å². The molecule has 0 saturated heterocycles. The van der Waals surface area contributed by atoms with E-state index in [-0.39, 0.29) is 6.61 Å². The van der Waals surface area contributed by atoms with E-state index >= 15 is 0 Å². The fraction of sp³-hybridized carbons (Fsp3) is 0.875. The van der Waals surface area contributed by atoms with Crippen LogP contribution in [0.1, 0.15) is 0 Å². The number of likely N-dealkylation sites (N-methyl/N-ethyl adjacent to an activating group) is 1. The molecule has 1 amide bonds. The minimum atomic E-state index is -4.73. The number of hydrogen-bond donors (Lipinski definition) is 1. The minimum absolute atomic E-state index is 0.183. The van der Waals surface area contributed by atoms with Crippen LogP contribution in [0.4, 0.5) is 17.6 Å². The van der Waals surface area contributed by atoms with Gasteiger partial charge in [-0.15, -0.1) is 0 Å². The molecule has 0 aromatic carbocycles. The Hall–Kier alpha value is -0.890. The molecule has 0 rings (SSSR count). The van der Waals surface area contributed by atoms with Gasteiger partial charge in [0.2, 0.25) is 0 Å². The number of hydrogen-bond acceptors (Lipinski definition) is 3. The number of aliphatic hydroxyl groups is 1. The van der Waals surface area contributed by atoms with Gasteiger partial charge in [0.25, 0.3) is 5.91 Å². The van der Waals surface area contributed by atoms with Crippen LogP contribution in [0.2, 0.25) is 0 Å². The molecule has 1 atom stereocenters. The van der Waals surface area contributed by atoms with Crippen LogP contribution >= 0.6 is 0 Å². The number of carbonyl (C=O) groups is 1. The van der Waals surface area contributed by atoms with Crippen molar-refractivity contribution in [3.8, 4) is 0 Å². The zero-order valence-electron chi connectivity index (χ0n) is 8.79. The number of aliphatic hydroxyl groups excluding tert-OH is 1. The lowest BCUT2D eigenvalue weighted by Gasteiger charge is -2.24. The van der Waals surface area contributed by atoms with Gasteiger partial charge in [-0.3, -0.25) is 4.79 Å². The maximum absolute atomic E-state index is 12.6. The van der Waals surface area contributed by atoms with E-state index in [9.17, 15) is 22.4 Å². The Morgan fingerprint density at radius 3 is 2.38 bits per heavy atom. The van der Waals surface area contributed by atoms with E-state index in [4.69, 9.17) is 5.11 Å². The second-order valence-corrected chi connectivity index (χ2v) is 3.22. The lowest BCUT2D eigenvalue weighted by atomic mass is 10.2. The van der Waals surface area contributed by atoms with Crippen LogP contribution in [0, 0.1) is 0 Å². The smallest absolute Gasteiger partial charge is 0.383 e. The average Bonchev–Trinajstić information content (AvgIpc) is 2.16. The van der Waals surface area contributed by atoms with Gasteiger partial charge in [-0.1, -0.05) is 0 Å². The third-order valence-electron chi connectivity index (χ3n) is 1.75. The molecule has 0 radical (unpaired) electrons. The SMILES string of the molecule is COCC(O)CN(C)C(=O)C(F)(F)C(F)F. The summed E-state index contributed by atoms with van der Waals surface area (Å²) in [6.45, 7) is -0.688. The molecule has 4 nitrogen and oxygen atoms in total. The standard InChI is InChI=1S/C8H13F4NO3/c1-13(3-5(14)4-16-2)7(15)8(11,12)6(9)10/h5-6,14H,3-4H2,1-2H3. The molecule has 0 bridgehead atoms. The quantitative estimate of drug-likeness (QED) is 0.689. The molecular formula is C8H13F4NO3. The fourth-order valence-corrected chi connectivity index (χ4v) is 0.992. The van der Waals surface area contributed by atoms with Crippen LogP contribution in [0.3, 0.4) is 0 Å².